The molecule has 0 fully saturated rings. The molecular formula is C37H31BrCl2F6K2N4O9. The van der Waals surface area contributed by atoms with E-state index >= 15 is 0 Å². The van der Waals surface area contributed by atoms with Crippen molar-refractivity contribution < 1.29 is 175 Å². The second-order valence-corrected chi connectivity index (χ2v) is 13.1. The van der Waals surface area contributed by atoms with Crippen LogP contribution in [-0.2, 0) is 31.6 Å². The van der Waals surface area contributed by atoms with Crippen LogP contribution < -0.4 is 123 Å². The van der Waals surface area contributed by atoms with Gasteiger partial charge in [-0.25, -0.2) is 9.69 Å². The van der Waals surface area contributed by atoms with Crippen LogP contribution in [-0.4, -0.2) is 56.7 Å². The summed E-state index contributed by atoms with van der Waals surface area (Å²) in [6.45, 7) is 15.3. The predicted octanol–water partition coefficient (Wildman–Crippen LogP) is 2.62. The van der Waals surface area contributed by atoms with E-state index in [0.717, 1.165) is 25.1 Å². The summed E-state index contributed by atoms with van der Waals surface area (Å²) in [6.07, 6.45) is -9.45. The van der Waals surface area contributed by atoms with Gasteiger partial charge in [0.15, 0.2) is 17.0 Å². The van der Waals surface area contributed by atoms with Crippen LogP contribution >= 0.6 is 39.1 Å². The van der Waals surface area contributed by atoms with Crippen molar-refractivity contribution in [1.82, 2.24) is 0 Å². The van der Waals surface area contributed by atoms with Crippen molar-refractivity contribution in [3.8, 4) is 11.5 Å². The molecule has 0 spiro atoms. The molecule has 61 heavy (non-hydrogen) atoms. The summed E-state index contributed by atoms with van der Waals surface area (Å²) in [4.78, 5) is 40.7. The largest absolute Gasteiger partial charge is 1.00 e. The number of carbonyl (C=O) groups is 3. The number of nitrogens with one attached hydrogen (secondary N) is 2. The van der Waals surface area contributed by atoms with Crippen molar-refractivity contribution in [2.45, 2.75) is 37.4 Å². The molecule has 0 unspecified atom stereocenters. The van der Waals surface area contributed by atoms with Gasteiger partial charge in [0.25, 0.3) is 18.3 Å². The van der Waals surface area contributed by atoms with E-state index in [0.29, 0.717) is 27.9 Å². The zero-order valence-corrected chi connectivity index (χ0v) is 41.5. The summed E-state index contributed by atoms with van der Waals surface area (Å²) in [5.41, 5.74) is -7.56. The number of hydrogen-bond donors (Lipinski definition) is 5. The first-order chi connectivity index (χ1) is 27.3. The van der Waals surface area contributed by atoms with Crippen LogP contribution in [0.15, 0.2) is 84.9 Å². The van der Waals surface area contributed by atoms with Crippen LogP contribution in [0.1, 0.15) is 26.4 Å². The molecule has 24 heteroatoms. The molecule has 0 bridgehead atoms. The van der Waals surface area contributed by atoms with Gasteiger partial charge in [0.05, 0.1) is 24.3 Å². The van der Waals surface area contributed by atoms with Gasteiger partial charge >= 0.3 is 115 Å². The van der Waals surface area contributed by atoms with E-state index in [-0.39, 0.29) is 133 Å². The van der Waals surface area contributed by atoms with Crippen molar-refractivity contribution in [3.05, 3.63) is 129 Å². The SMILES string of the molecule is O=CO[O-].Oc1ccc(Cl)cc1.[C-]#[N+]c1ccc(NC(=O)[C@@](C)(O)CBr)cc1C(F)(F)F.[C-]#[N+]c1ccc(NC(=O)[C@@](C)(O)COc2ccc(Cl)cc2)cc1C(F)(F)F.[H-].[K+].[K+]. The number of benzene rings is 4. The summed E-state index contributed by atoms with van der Waals surface area (Å²) in [5, 5.41) is 42.5. The minimum absolute atomic E-state index is 0. The molecule has 5 N–H and O–H groups in total. The molecule has 0 aliphatic heterocycles. The minimum Gasteiger partial charge on any atom is -1.00 e. The number of phenols is 1. The normalized spacial score (nSPS) is 12.1. The molecule has 318 valence electrons. The Hall–Kier alpha value is -2.34. The quantitative estimate of drug-likeness (QED) is 0.0320. The average Bonchev–Trinajstić information content (AvgIpc) is 3.18. The second-order valence-electron chi connectivity index (χ2n) is 11.7. The van der Waals surface area contributed by atoms with Crippen LogP contribution in [0.5, 0.6) is 11.5 Å². The number of anilines is 2. The Balaban J connectivity index is -0.000000871. The number of aromatic hydroxyl groups is 1. The van der Waals surface area contributed by atoms with Gasteiger partial charge in [-0.2, -0.15) is 26.3 Å². The number of hydrogen-bond acceptors (Lipinski definition) is 9. The van der Waals surface area contributed by atoms with Crippen LogP contribution in [0.3, 0.4) is 0 Å². The molecular weight excluding hydrogens is 987 g/mol. The predicted molar refractivity (Wildman–Crippen MR) is 206 cm³/mol. The van der Waals surface area contributed by atoms with E-state index in [9.17, 15) is 46.1 Å². The Kier molecular flexibility index (Phi) is 28.3. The van der Waals surface area contributed by atoms with Crippen LogP contribution in [0, 0.1) is 13.1 Å². The van der Waals surface area contributed by atoms with Crippen molar-refractivity contribution in [1.29, 1.82) is 0 Å². The van der Waals surface area contributed by atoms with E-state index in [4.69, 9.17) is 56.2 Å². The van der Waals surface area contributed by atoms with Gasteiger partial charge in [-0.05, 0) is 86.6 Å². The first-order valence-corrected chi connectivity index (χ1v) is 17.6. The van der Waals surface area contributed by atoms with Gasteiger partial charge in [-0.3, -0.25) is 14.4 Å². The molecule has 0 saturated heterocycles. The first-order valence-electron chi connectivity index (χ1n) is 15.7. The fourth-order valence-corrected chi connectivity index (χ4v) is 4.24. The number of carbonyl (C=O) groups excluding carboxylic acids is 3. The molecule has 0 saturated carbocycles. The molecule has 0 radical (unpaired) electrons. The van der Waals surface area contributed by atoms with E-state index in [2.05, 4.69) is 41.1 Å². The summed E-state index contributed by atoms with van der Waals surface area (Å²) in [6, 6.07) is 18.1. The fraction of sp³-hybridized carbons (Fsp3) is 0.216. The molecule has 4 aromatic carbocycles. The summed E-state index contributed by atoms with van der Waals surface area (Å²) >= 11 is 14.2. The second kappa shape index (κ2) is 28.5. The number of amides is 2. The molecule has 0 heterocycles. The molecule has 2 atom stereocenters. The molecule has 0 aromatic heterocycles. The Morgan fingerprint density at radius 2 is 1.13 bits per heavy atom. The van der Waals surface area contributed by atoms with Crippen LogP contribution in [0.25, 0.3) is 9.69 Å². The number of ether oxygens (including phenoxy) is 1. The van der Waals surface area contributed by atoms with Crippen LogP contribution in [0.4, 0.5) is 49.1 Å². The molecule has 2 amide bonds. The summed E-state index contributed by atoms with van der Waals surface area (Å²) < 4.78 is 82.5. The van der Waals surface area contributed by atoms with E-state index in [1.54, 1.807) is 36.4 Å². The Labute approximate surface area is 449 Å². The molecule has 4 rings (SSSR count). The van der Waals surface area contributed by atoms with Gasteiger partial charge < -0.3 is 42.3 Å². The zero-order chi connectivity index (χ0) is 45.2. The van der Waals surface area contributed by atoms with Crippen LogP contribution in [0.2, 0.25) is 10.0 Å². The number of halogens is 9. The third-order valence-electron chi connectivity index (χ3n) is 6.80. The van der Waals surface area contributed by atoms with Gasteiger partial charge in [0, 0.05) is 26.8 Å². The smallest absolute Gasteiger partial charge is 1.00 e. The summed E-state index contributed by atoms with van der Waals surface area (Å²) in [5.74, 6) is -1.21. The third kappa shape index (κ3) is 22.2. The van der Waals surface area contributed by atoms with E-state index in [1.165, 1.54) is 25.1 Å². The maximum Gasteiger partial charge on any atom is 1.00 e. The molecule has 0 aliphatic rings. The third-order valence-corrected chi connectivity index (χ3v) is 8.39. The summed E-state index contributed by atoms with van der Waals surface area (Å²) in [7, 11) is 0. The van der Waals surface area contributed by atoms with Gasteiger partial charge in [0.1, 0.15) is 23.7 Å². The zero-order valence-electron chi connectivity index (χ0n) is 33.2. The topological polar surface area (TPSA) is 186 Å². The molecule has 0 aliphatic carbocycles. The first kappa shape index (κ1) is 60.8. The number of phenolic OH excluding ortho intramolecular Hbond substituents is 1. The maximum atomic E-state index is 13.0. The number of nitrogens with zero attached hydrogens (tertiary/aromatic N) is 2. The fourth-order valence-electron chi connectivity index (χ4n) is 3.73. The number of rotatable bonds is 9. The monoisotopic (exact) mass is 1020 g/mol. The van der Waals surface area contributed by atoms with E-state index < -0.39 is 64.5 Å². The molecule has 13 nitrogen and oxygen atoms in total. The van der Waals surface area contributed by atoms with E-state index in [1.807, 2.05) is 0 Å². The maximum absolute atomic E-state index is 13.0. The average molecular weight is 1020 g/mol. The van der Waals surface area contributed by atoms with Crippen molar-refractivity contribution in [2.75, 3.05) is 22.6 Å². The van der Waals surface area contributed by atoms with Crippen molar-refractivity contribution in [3.63, 3.8) is 0 Å². The Morgan fingerprint density at radius 3 is 1.44 bits per heavy atom. The van der Waals surface area contributed by atoms with Gasteiger partial charge in [0.2, 0.25) is 0 Å². The number of alkyl halides is 7. The Bertz CT molecular complexity index is 2110. The minimum atomic E-state index is -4.75. The van der Waals surface area contributed by atoms with Gasteiger partial charge in [-0.1, -0.05) is 51.3 Å². The van der Waals surface area contributed by atoms with Crippen molar-refractivity contribution >= 4 is 80.2 Å². The number of aliphatic hydroxyl groups is 2. The van der Waals surface area contributed by atoms with Gasteiger partial charge in [-0.15, -0.1) is 0 Å². The van der Waals surface area contributed by atoms with Crippen molar-refractivity contribution in [2.24, 2.45) is 0 Å². The standard InChI is InChI=1S/C18H14ClF3N2O3.C12H10BrF3N2O2.C6H5ClO.CH2O3.2K.H/c1-17(26,10-27-13-6-3-11(19)4-7-13)16(25)24-12-5-8-15(23-2)14(9-12)18(20,21)22;1-11(20,6-13)10(19)18-7-3-4-9(17-2)8(5-7)12(14,15)16;7-5-1-3-6(8)4-2-5;2-1-4-3;;;/h3-9,26H,10H2,1H3,(H,24,25);3-5,20H,6H2,1H3,(H,18,19);1-4,8H;1,3H;;;/q;;;;2*+1;-1/p-1/t17-;11-;;;;;/m00...../s1. The molecule has 4 aromatic rings. The Morgan fingerprint density at radius 1 is 0.770 bits per heavy atom.